The summed E-state index contributed by atoms with van der Waals surface area (Å²) in [5, 5.41) is 1.51. The van der Waals surface area contributed by atoms with E-state index in [2.05, 4.69) is 30.2 Å². The van der Waals surface area contributed by atoms with E-state index in [-0.39, 0.29) is 5.91 Å². The molecule has 2 aliphatic rings. The SMILES string of the molecule is CC(=O)NN(C)c1nc(N2CCOCC2)nc(N2CCOCC2)n1. The van der Waals surface area contributed by atoms with Gasteiger partial charge in [-0.3, -0.25) is 15.2 Å². The first-order chi connectivity index (χ1) is 11.6. The van der Waals surface area contributed by atoms with Crippen LogP contribution in [-0.2, 0) is 14.3 Å². The molecule has 24 heavy (non-hydrogen) atoms. The molecule has 3 rings (SSSR count). The number of nitrogens with zero attached hydrogens (tertiary/aromatic N) is 6. The van der Waals surface area contributed by atoms with Crippen LogP contribution in [0.5, 0.6) is 0 Å². The number of ether oxygens (including phenoxy) is 2. The van der Waals surface area contributed by atoms with Gasteiger partial charge in [0.05, 0.1) is 26.4 Å². The van der Waals surface area contributed by atoms with Crippen LogP contribution in [0.4, 0.5) is 17.8 Å². The Morgan fingerprint density at radius 3 is 1.83 bits per heavy atom. The molecular formula is C14H23N7O3. The smallest absolute Gasteiger partial charge is 0.250 e. The summed E-state index contributed by atoms with van der Waals surface area (Å²) in [6.45, 7) is 6.97. The fourth-order valence-electron chi connectivity index (χ4n) is 2.59. The molecule has 0 saturated carbocycles. The molecule has 1 N–H and O–H groups in total. The Kier molecular flexibility index (Phi) is 5.26. The van der Waals surface area contributed by atoms with Crippen molar-refractivity contribution in [3.05, 3.63) is 0 Å². The molecule has 2 aliphatic heterocycles. The summed E-state index contributed by atoms with van der Waals surface area (Å²) in [5.41, 5.74) is 2.67. The van der Waals surface area contributed by atoms with Gasteiger partial charge in [0.2, 0.25) is 17.8 Å². The monoisotopic (exact) mass is 337 g/mol. The zero-order valence-electron chi connectivity index (χ0n) is 14.1. The Bertz CT molecular complexity index is 537. The van der Waals surface area contributed by atoms with Crippen molar-refractivity contribution in [2.45, 2.75) is 6.92 Å². The first-order valence-electron chi connectivity index (χ1n) is 8.06. The zero-order chi connectivity index (χ0) is 16.9. The highest BCUT2D eigenvalue weighted by Crippen LogP contribution is 2.19. The van der Waals surface area contributed by atoms with Crippen molar-refractivity contribution < 1.29 is 14.3 Å². The molecule has 2 saturated heterocycles. The van der Waals surface area contributed by atoms with E-state index in [0.29, 0.717) is 44.3 Å². The molecule has 1 aromatic rings. The number of carbonyl (C=O) groups is 1. The van der Waals surface area contributed by atoms with Crippen molar-refractivity contribution in [1.29, 1.82) is 0 Å². The highest BCUT2D eigenvalue weighted by Gasteiger charge is 2.22. The van der Waals surface area contributed by atoms with Crippen LogP contribution in [0.15, 0.2) is 0 Å². The van der Waals surface area contributed by atoms with E-state index >= 15 is 0 Å². The van der Waals surface area contributed by atoms with Crippen molar-refractivity contribution in [1.82, 2.24) is 20.4 Å². The van der Waals surface area contributed by atoms with Gasteiger partial charge in [-0.15, -0.1) is 0 Å². The zero-order valence-corrected chi connectivity index (χ0v) is 14.1. The van der Waals surface area contributed by atoms with Crippen LogP contribution in [0, 0.1) is 0 Å². The van der Waals surface area contributed by atoms with Crippen LogP contribution in [0.1, 0.15) is 6.92 Å². The number of nitrogens with one attached hydrogen (secondary N) is 1. The topological polar surface area (TPSA) is 96.0 Å². The standard InChI is InChI=1S/C14H23N7O3/c1-11(22)18-19(2)12-15-13(20-3-7-23-8-4-20)17-14(16-12)21-5-9-24-10-6-21/h3-10H2,1-2H3,(H,18,22). The summed E-state index contributed by atoms with van der Waals surface area (Å²) in [6.07, 6.45) is 0. The number of carbonyl (C=O) groups excluding carboxylic acids is 1. The van der Waals surface area contributed by atoms with Crippen LogP contribution >= 0.6 is 0 Å². The summed E-state index contributed by atoms with van der Waals surface area (Å²) >= 11 is 0. The van der Waals surface area contributed by atoms with Gasteiger partial charge >= 0.3 is 0 Å². The number of anilines is 3. The number of hydrogen-bond donors (Lipinski definition) is 1. The Labute approximate surface area is 140 Å². The Morgan fingerprint density at radius 2 is 1.42 bits per heavy atom. The molecule has 0 unspecified atom stereocenters. The third-order valence-corrected chi connectivity index (χ3v) is 3.81. The van der Waals surface area contributed by atoms with Crippen molar-refractivity contribution >= 4 is 23.8 Å². The highest BCUT2D eigenvalue weighted by molar-refractivity contribution is 5.74. The molecular weight excluding hydrogens is 314 g/mol. The highest BCUT2D eigenvalue weighted by atomic mass is 16.5. The lowest BCUT2D eigenvalue weighted by molar-refractivity contribution is -0.119. The largest absolute Gasteiger partial charge is 0.378 e. The van der Waals surface area contributed by atoms with Crippen LogP contribution in [0.25, 0.3) is 0 Å². The average Bonchev–Trinajstić information content (AvgIpc) is 2.62. The summed E-state index contributed by atoms with van der Waals surface area (Å²) in [5.74, 6) is 1.42. The molecule has 10 heteroatoms. The van der Waals surface area contributed by atoms with Gasteiger partial charge in [0.25, 0.3) is 5.95 Å². The second kappa shape index (κ2) is 7.58. The third-order valence-electron chi connectivity index (χ3n) is 3.81. The summed E-state index contributed by atoms with van der Waals surface area (Å²) in [4.78, 5) is 29.1. The van der Waals surface area contributed by atoms with E-state index in [1.165, 1.54) is 11.9 Å². The molecule has 10 nitrogen and oxygen atoms in total. The molecule has 0 atom stereocenters. The average molecular weight is 337 g/mol. The van der Waals surface area contributed by atoms with E-state index < -0.39 is 0 Å². The first-order valence-corrected chi connectivity index (χ1v) is 8.06. The minimum Gasteiger partial charge on any atom is -0.378 e. The number of aromatic nitrogens is 3. The molecule has 3 heterocycles. The number of hydrogen-bond acceptors (Lipinski definition) is 9. The second-order valence-electron chi connectivity index (χ2n) is 5.66. The maximum atomic E-state index is 11.3. The molecule has 0 radical (unpaired) electrons. The Balaban J connectivity index is 1.89. The maximum absolute atomic E-state index is 11.3. The predicted octanol–water partition coefficient (Wildman–Crippen LogP) is -0.968. The molecule has 1 aromatic heterocycles. The lowest BCUT2D eigenvalue weighted by Crippen LogP contribution is -2.42. The maximum Gasteiger partial charge on any atom is 0.250 e. The lowest BCUT2D eigenvalue weighted by Gasteiger charge is -2.31. The first kappa shape index (κ1) is 16.7. The van der Waals surface area contributed by atoms with Crippen LogP contribution < -0.4 is 20.2 Å². The minimum atomic E-state index is -0.182. The van der Waals surface area contributed by atoms with Gasteiger partial charge < -0.3 is 19.3 Å². The minimum absolute atomic E-state index is 0.182. The van der Waals surface area contributed by atoms with E-state index in [4.69, 9.17) is 9.47 Å². The predicted molar refractivity (Wildman–Crippen MR) is 88.1 cm³/mol. The molecule has 2 fully saturated rings. The van der Waals surface area contributed by atoms with Gasteiger partial charge in [-0.2, -0.15) is 15.0 Å². The lowest BCUT2D eigenvalue weighted by atomic mass is 10.4. The molecule has 132 valence electrons. The fraction of sp³-hybridized carbons (Fsp3) is 0.714. The molecule has 0 bridgehead atoms. The summed E-state index contributed by atoms with van der Waals surface area (Å²) < 4.78 is 10.8. The van der Waals surface area contributed by atoms with Crippen molar-refractivity contribution in [2.75, 3.05) is 74.5 Å². The van der Waals surface area contributed by atoms with E-state index in [9.17, 15) is 4.79 Å². The van der Waals surface area contributed by atoms with Crippen LogP contribution in [0.2, 0.25) is 0 Å². The van der Waals surface area contributed by atoms with Gasteiger partial charge in [-0.05, 0) is 0 Å². The van der Waals surface area contributed by atoms with Crippen molar-refractivity contribution in [3.63, 3.8) is 0 Å². The number of morpholine rings is 2. The molecule has 0 aromatic carbocycles. The van der Waals surface area contributed by atoms with E-state index in [1.807, 2.05) is 0 Å². The molecule has 0 spiro atoms. The van der Waals surface area contributed by atoms with E-state index in [0.717, 1.165) is 26.2 Å². The number of amides is 1. The van der Waals surface area contributed by atoms with Gasteiger partial charge in [0, 0.05) is 40.2 Å². The van der Waals surface area contributed by atoms with Gasteiger partial charge in [-0.1, -0.05) is 0 Å². The summed E-state index contributed by atoms with van der Waals surface area (Å²) in [7, 11) is 1.71. The molecule has 0 aliphatic carbocycles. The third kappa shape index (κ3) is 4.01. The van der Waals surface area contributed by atoms with Crippen molar-refractivity contribution in [2.24, 2.45) is 0 Å². The van der Waals surface area contributed by atoms with Gasteiger partial charge in [0.15, 0.2) is 0 Å². The van der Waals surface area contributed by atoms with E-state index in [1.54, 1.807) is 7.05 Å². The fourth-order valence-corrected chi connectivity index (χ4v) is 2.59. The summed E-state index contributed by atoms with van der Waals surface area (Å²) in [6, 6.07) is 0. The van der Waals surface area contributed by atoms with Crippen molar-refractivity contribution in [3.8, 4) is 0 Å². The van der Waals surface area contributed by atoms with Gasteiger partial charge in [-0.25, -0.2) is 0 Å². The van der Waals surface area contributed by atoms with Gasteiger partial charge in [0.1, 0.15) is 0 Å². The Morgan fingerprint density at radius 1 is 0.958 bits per heavy atom. The van der Waals surface area contributed by atoms with Crippen LogP contribution in [-0.4, -0.2) is 80.5 Å². The normalized spacial score (nSPS) is 18.4. The Hall–Kier alpha value is -2.20. The number of rotatable bonds is 4. The second-order valence-corrected chi connectivity index (χ2v) is 5.66. The quantitative estimate of drug-likeness (QED) is 0.696. The molecule has 1 amide bonds. The van der Waals surface area contributed by atoms with Crippen LogP contribution in [0.3, 0.4) is 0 Å². The number of hydrazine groups is 1.